The van der Waals surface area contributed by atoms with E-state index >= 15 is 0 Å². The molecule has 0 aliphatic heterocycles. The van der Waals surface area contributed by atoms with E-state index in [-0.39, 0.29) is 30.9 Å². The summed E-state index contributed by atoms with van der Waals surface area (Å²) < 4.78 is 45.9. The highest BCUT2D eigenvalue weighted by Crippen LogP contribution is 2.31. The maximum atomic E-state index is 13.2. The Morgan fingerprint density at radius 3 is 2.52 bits per heavy atom. The molecule has 2 aromatic carbocycles. The number of para-hydroxylation sites is 2. The van der Waals surface area contributed by atoms with Gasteiger partial charge in [-0.25, -0.2) is 4.98 Å². The Morgan fingerprint density at radius 1 is 1.15 bits per heavy atom. The number of alkyl halides is 3. The normalized spacial score (nSPS) is 11.6. The van der Waals surface area contributed by atoms with E-state index in [4.69, 9.17) is 4.74 Å². The van der Waals surface area contributed by atoms with Gasteiger partial charge >= 0.3 is 6.18 Å². The van der Waals surface area contributed by atoms with Gasteiger partial charge in [0.1, 0.15) is 5.75 Å². The zero-order valence-corrected chi connectivity index (χ0v) is 14.6. The number of carbonyl (C=O) groups excluding carboxylic acids is 1. The van der Waals surface area contributed by atoms with Crippen molar-refractivity contribution in [1.29, 1.82) is 0 Å². The number of aromatic nitrogens is 2. The Kier molecular flexibility index (Phi) is 5.34. The minimum absolute atomic E-state index is 0.0241. The van der Waals surface area contributed by atoms with E-state index in [2.05, 4.69) is 10.3 Å². The number of benzene rings is 2. The van der Waals surface area contributed by atoms with Crippen LogP contribution in [0, 0.1) is 0 Å². The third-order valence-electron chi connectivity index (χ3n) is 4.09. The molecule has 0 spiro atoms. The molecule has 0 unspecified atom stereocenters. The lowest BCUT2D eigenvalue weighted by Gasteiger charge is -2.12. The number of hydrogen-bond acceptors (Lipinski definition) is 3. The van der Waals surface area contributed by atoms with E-state index in [1.54, 1.807) is 49.6 Å². The summed E-state index contributed by atoms with van der Waals surface area (Å²) in [4.78, 5) is 15.7. The molecule has 142 valence electrons. The molecule has 0 bridgehead atoms. The van der Waals surface area contributed by atoms with Crippen molar-refractivity contribution in [3.63, 3.8) is 0 Å². The fourth-order valence-electron chi connectivity index (χ4n) is 2.82. The molecule has 1 amide bonds. The molecule has 8 heteroatoms. The SMILES string of the molecule is COc1ccc(CC(=O)NCCn2c(C(F)(F)F)nc3ccccc32)cc1. The molecule has 0 aliphatic carbocycles. The zero-order chi connectivity index (χ0) is 19.4. The fraction of sp³-hybridized carbons (Fsp3) is 0.263. The summed E-state index contributed by atoms with van der Waals surface area (Å²) in [6, 6.07) is 13.4. The Balaban J connectivity index is 1.65. The predicted molar refractivity (Wildman–Crippen MR) is 94.4 cm³/mol. The Bertz CT molecular complexity index is 934. The summed E-state index contributed by atoms with van der Waals surface area (Å²) in [5.74, 6) is -0.544. The monoisotopic (exact) mass is 377 g/mol. The van der Waals surface area contributed by atoms with Crippen molar-refractivity contribution in [2.24, 2.45) is 0 Å². The molecule has 0 saturated heterocycles. The number of amides is 1. The van der Waals surface area contributed by atoms with Gasteiger partial charge in [0, 0.05) is 13.1 Å². The summed E-state index contributed by atoms with van der Waals surface area (Å²) in [5, 5.41) is 2.66. The molecule has 3 aromatic rings. The van der Waals surface area contributed by atoms with Crippen LogP contribution in [0.2, 0.25) is 0 Å². The van der Waals surface area contributed by atoms with Crippen LogP contribution in [0.15, 0.2) is 48.5 Å². The van der Waals surface area contributed by atoms with Gasteiger partial charge in [0.2, 0.25) is 11.7 Å². The standard InChI is InChI=1S/C19H18F3N3O2/c1-27-14-8-6-13(7-9-14)12-17(26)23-10-11-25-16-5-3-2-4-15(16)24-18(25)19(20,21)22/h2-9H,10-12H2,1H3,(H,23,26). The molecule has 0 fully saturated rings. The van der Waals surface area contributed by atoms with Gasteiger partial charge in [-0.3, -0.25) is 4.79 Å². The molecule has 5 nitrogen and oxygen atoms in total. The van der Waals surface area contributed by atoms with Crippen LogP contribution < -0.4 is 10.1 Å². The second-order valence-electron chi connectivity index (χ2n) is 5.95. The molecule has 27 heavy (non-hydrogen) atoms. The summed E-state index contributed by atoms with van der Waals surface area (Å²) in [6.45, 7) is 0.0438. The van der Waals surface area contributed by atoms with Crippen molar-refractivity contribution in [3.8, 4) is 5.75 Å². The number of imidazole rings is 1. The lowest BCUT2D eigenvalue weighted by atomic mass is 10.1. The first-order valence-electron chi connectivity index (χ1n) is 8.30. The average Bonchev–Trinajstić information content (AvgIpc) is 3.02. The summed E-state index contributed by atoms with van der Waals surface area (Å²) in [5.41, 5.74) is 1.45. The topological polar surface area (TPSA) is 56.1 Å². The smallest absolute Gasteiger partial charge is 0.449 e. The fourth-order valence-corrected chi connectivity index (χ4v) is 2.82. The van der Waals surface area contributed by atoms with Crippen molar-refractivity contribution in [2.45, 2.75) is 19.1 Å². The minimum atomic E-state index is -4.56. The van der Waals surface area contributed by atoms with Crippen LogP contribution in [0.4, 0.5) is 13.2 Å². The molecule has 1 aromatic heterocycles. The van der Waals surface area contributed by atoms with Crippen LogP contribution in [0.3, 0.4) is 0 Å². The van der Waals surface area contributed by atoms with Gasteiger partial charge in [-0.2, -0.15) is 13.2 Å². The molecule has 3 rings (SSSR count). The quantitative estimate of drug-likeness (QED) is 0.716. The number of nitrogens with one attached hydrogen (secondary N) is 1. The van der Waals surface area contributed by atoms with Crippen LogP contribution in [0.5, 0.6) is 5.75 Å². The van der Waals surface area contributed by atoms with Crippen molar-refractivity contribution in [1.82, 2.24) is 14.9 Å². The third-order valence-corrected chi connectivity index (χ3v) is 4.09. The van der Waals surface area contributed by atoms with Gasteiger partial charge in [0.25, 0.3) is 0 Å². The van der Waals surface area contributed by atoms with Gasteiger partial charge < -0.3 is 14.6 Å². The van der Waals surface area contributed by atoms with Crippen LogP contribution in [-0.2, 0) is 23.9 Å². The highest BCUT2D eigenvalue weighted by molar-refractivity contribution is 5.78. The van der Waals surface area contributed by atoms with Crippen LogP contribution >= 0.6 is 0 Å². The highest BCUT2D eigenvalue weighted by Gasteiger charge is 2.37. The number of fused-ring (bicyclic) bond motifs is 1. The van der Waals surface area contributed by atoms with Crippen molar-refractivity contribution in [3.05, 3.63) is 59.9 Å². The average molecular weight is 377 g/mol. The van der Waals surface area contributed by atoms with E-state index in [0.717, 1.165) is 10.1 Å². The van der Waals surface area contributed by atoms with Gasteiger partial charge in [0.15, 0.2) is 0 Å². The molecule has 1 heterocycles. The first-order chi connectivity index (χ1) is 12.9. The second-order valence-corrected chi connectivity index (χ2v) is 5.95. The number of ether oxygens (including phenoxy) is 1. The van der Waals surface area contributed by atoms with E-state index in [0.29, 0.717) is 11.3 Å². The lowest BCUT2D eigenvalue weighted by Crippen LogP contribution is -2.29. The summed E-state index contributed by atoms with van der Waals surface area (Å²) in [7, 11) is 1.55. The van der Waals surface area contributed by atoms with E-state index in [1.165, 1.54) is 6.07 Å². The van der Waals surface area contributed by atoms with Crippen molar-refractivity contribution in [2.75, 3.05) is 13.7 Å². The van der Waals surface area contributed by atoms with Crippen molar-refractivity contribution >= 4 is 16.9 Å². The summed E-state index contributed by atoms with van der Waals surface area (Å²) >= 11 is 0. The Morgan fingerprint density at radius 2 is 1.85 bits per heavy atom. The predicted octanol–water partition coefficient (Wildman–Crippen LogP) is 3.42. The van der Waals surface area contributed by atoms with Gasteiger partial charge in [-0.1, -0.05) is 24.3 Å². The van der Waals surface area contributed by atoms with Crippen LogP contribution in [-0.4, -0.2) is 29.1 Å². The molecule has 0 atom stereocenters. The van der Waals surface area contributed by atoms with Gasteiger partial charge in [0.05, 0.1) is 24.6 Å². The highest BCUT2D eigenvalue weighted by atomic mass is 19.4. The first kappa shape index (κ1) is 18.8. The maximum absolute atomic E-state index is 13.2. The number of hydrogen-bond donors (Lipinski definition) is 1. The second kappa shape index (κ2) is 7.69. The number of nitrogens with zero attached hydrogens (tertiary/aromatic N) is 2. The lowest BCUT2D eigenvalue weighted by molar-refractivity contribution is -0.146. The van der Waals surface area contributed by atoms with E-state index in [9.17, 15) is 18.0 Å². The molecular weight excluding hydrogens is 359 g/mol. The molecule has 0 radical (unpaired) electrons. The number of rotatable bonds is 6. The van der Waals surface area contributed by atoms with Gasteiger partial charge in [-0.05, 0) is 29.8 Å². The summed E-state index contributed by atoms with van der Waals surface area (Å²) in [6.07, 6.45) is -4.42. The van der Waals surface area contributed by atoms with E-state index < -0.39 is 12.0 Å². The van der Waals surface area contributed by atoms with Gasteiger partial charge in [-0.15, -0.1) is 0 Å². The Hall–Kier alpha value is -3.03. The van der Waals surface area contributed by atoms with Crippen LogP contribution in [0.25, 0.3) is 11.0 Å². The third kappa shape index (κ3) is 4.39. The van der Waals surface area contributed by atoms with Crippen molar-refractivity contribution < 1.29 is 22.7 Å². The number of carbonyl (C=O) groups is 1. The number of methoxy groups -OCH3 is 1. The molecule has 0 aliphatic rings. The zero-order valence-electron chi connectivity index (χ0n) is 14.6. The maximum Gasteiger partial charge on any atom is 0.449 e. The Labute approximate surface area is 153 Å². The molecular formula is C19H18F3N3O2. The molecule has 0 saturated carbocycles. The largest absolute Gasteiger partial charge is 0.497 e. The van der Waals surface area contributed by atoms with Crippen LogP contribution in [0.1, 0.15) is 11.4 Å². The first-order valence-corrected chi connectivity index (χ1v) is 8.30. The molecule has 1 N–H and O–H groups in total. The number of halogens is 3. The minimum Gasteiger partial charge on any atom is -0.497 e. The van der Waals surface area contributed by atoms with E-state index in [1.807, 2.05) is 0 Å².